The molecule has 0 radical (unpaired) electrons. The van der Waals surface area contributed by atoms with Gasteiger partial charge in [0.05, 0.1) is 9.53 Å². The third kappa shape index (κ3) is 3.51. The van der Waals surface area contributed by atoms with E-state index in [1.807, 2.05) is 0 Å². The van der Waals surface area contributed by atoms with Crippen LogP contribution < -0.4 is 5.32 Å². The maximum absolute atomic E-state index is 13.5. The summed E-state index contributed by atoms with van der Waals surface area (Å²) in [6, 6.07) is 4.78. The number of hydrogen-bond donors (Lipinski definition) is 1. The molecule has 6 heteroatoms. The van der Waals surface area contributed by atoms with Crippen LogP contribution in [0.5, 0.6) is 0 Å². The molecule has 1 heterocycles. The number of halogens is 2. The predicted molar refractivity (Wildman–Crippen MR) is 80.4 cm³/mol. The van der Waals surface area contributed by atoms with Gasteiger partial charge < -0.3 is 5.32 Å². The number of alkyl halides is 1. The molecule has 1 atom stereocenters. The van der Waals surface area contributed by atoms with E-state index >= 15 is 0 Å². The van der Waals surface area contributed by atoms with E-state index in [1.54, 1.807) is 12.1 Å². The Morgan fingerprint density at radius 1 is 1.58 bits per heavy atom. The number of nitrogens with one attached hydrogen (secondary N) is 1. The molecule has 0 saturated carbocycles. The van der Waals surface area contributed by atoms with Crippen molar-refractivity contribution in [3.8, 4) is 0 Å². The molecule has 2 aromatic rings. The Kier molecular flexibility index (Phi) is 4.87. The average Bonchev–Trinajstić information content (AvgIpc) is 2.79. The monoisotopic (exact) mass is 344 g/mol. The Bertz CT molecular complexity index is 587. The molecular weight excluding hydrogens is 331 g/mol. The second-order valence-electron chi connectivity index (χ2n) is 4.20. The van der Waals surface area contributed by atoms with Gasteiger partial charge in [0.2, 0.25) is 5.91 Å². The van der Waals surface area contributed by atoms with Crippen molar-refractivity contribution in [3.05, 3.63) is 24.0 Å². The van der Waals surface area contributed by atoms with Crippen LogP contribution in [0.4, 0.5) is 9.52 Å². The van der Waals surface area contributed by atoms with Crippen molar-refractivity contribution >= 4 is 48.5 Å². The fraction of sp³-hybridized carbons (Fsp3) is 0.385. The van der Waals surface area contributed by atoms with Gasteiger partial charge in [0.25, 0.3) is 0 Å². The maximum atomic E-state index is 13.5. The second kappa shape index (κ2) is 6.43. The van der Waals surface area contributed by atoms with Crippen LogP contribution in [0.2, 0.25) is 0 Å². The van der Waals surface area contributed by atoms with Crippen molar-refractivity contribution in [1.82, 2.24) is 4.98 Å². The second-order valence-corrected chi connectivity index (χ2v) is 6.34. The molecule has 3 nitrogen and oxygen atoms in total. The largest absolute Gasteiger partial charge is 0.301 e. The quantitative estimate of drug-likeness (QED) is 0.820. The number of aromatic nitrogens is 1. The van der Waals surface area contributed by atoms with Gasteiger partial charge >= 0.3 is 0 Å². The normalized spacial score (nSPS) is 12.6. The highest BCUT2D eigenvalue weighted by Crippen LogP contribution is 2.28. The van der Waals surface area contributed by atoms with E-state index in [0.717, 1.165) is 24.0 Å². The van der Waals surface area contributed by atoms with Gasteiger partial charge in [-0.25, -0.2) is 9.37 Å². The average molecular weight is 345 g/mol. The highest BCUT2D eigenvalue weighted by molar-refractivity contribution is 9.10. The molecule has 2 rings (SSSR count). The van der Waals surface area contributed by atoms with Gasteiger partial charge in [-0.05, 0) is 18.6 Å². The molecule has 0 fully saturated rings. The third-order valence-corrected chi connectivity index (χ3v) is 4.51. The molecule has 0 aliphatic rings. The minimum atomic E-state index is -0.365. The summed E-state index contributed by atoms with van der Waals surface area (Å²) in [7, 11) is 0. The van der Waals surface area contributed by atoms with Gasteiger partial charge in [-0.2, -0.15) is 0 Å². The number of nitrogens with zero attached hydrogens (tertiary/aromatic N) is 1. The Labute approximate surface area is 123 Å². The molecule has 0 spiro atoms. The van der Waals surface area contributed by atoms with Gasteiger partial charge in [-0.1, -0.05) is 53.1 Å². The fourth-order valence-corrected chi connectivity index (χ4v) is 2.99. The van der Waals surface area contributed by atoms with Crippen molar-refractivity contribution in [1.29, 1.82) is 0 Å². The first-order chi connectivity index (χ1) is 9.11. The molecule has 0 aliphatic heterocycles. The summed E-state index contributed by atoms with van der Waals surface area (Å²) in [6.07, 6.45) is 2.81. The SMILES string of the molecule is CCCCC(Br)C(=O)Nc1nc2c(F)cccc2s1. The van der Waals surface area contributed by atoms with Gasteiger partial charge in [0, 0.05) is 0 Å². The van der Waals surface area contributed by atoms with Crippen molar-refractivity contribution in [3.63, 3.8) is 0 Å². The summed E-state index contributed by atoms with van der Waals surface area (Å²) in [5.74, 6) is -0.497. The number of hydrogen-bond acceptors (Lipinski definition) is 3. The van der Waals surface area contributed by atoms with E-state index in [4.69, 9.17) is 0 Å². The molecule has 0 bridgehead atoms. The van der Waals surface area contributed by atoms with E-state index < -0.39 is 0 Å². The van der Waals surface area contributed by atoms with E-state index in [9.17, 15) is 9.18 Å². The topological polar surface area (TPSA) is 42.0 Å². The molecule has 102 valence electrons. The summed E-state index contributed by atoms with van der Waals surface area (Å²) in [6.45, 7) is 2.08. The molecule has 1 amide bonds. The lowest BCUT2D eigenvalue weighted by Crippen LogP contribution is -2.22. The van der Waals surface area contributed by atoms with Crippen molar-refractivity contribution in [2.75, 3.05) is 5.32 Å². The summed E-state index contributed by atoms with van der Waals surface area (Å²) >= 11 is 4.63. The van der Waals surface area contributed by atoms with Crippen LogP contribution in [-0.2, 0) is 4.79 Å². The van der Waals surface area contributed by atoms with Gasteiger partial charge in [0.1, 0.15) is 11.3 Å². The first-order valence-electron chi connectivity index (χ1n) is 6.11. The molecule has 1 aromatic carbocycles. The number of rotatable bonds is 5. The minimum absolute atomic E-state index is 0.132. The van der Waals surface area contributed by atoms with Crippen molar-refractivity contribution in [2.45, 2.75) is 31.0 Å². The van der Waals surface area contributed by atoms with Crippen LogP contribution >= 0.6 is 27.3 Å². The van der Waals surface area contributed by atoms with Crippen molar-refractivity contribution < 1.29 is 9.18 Å². The standard InChI is InChI=1S/C13H14BrFN2OS/c1-2-3-5-8(14)12(18)17-13-16-11-9(15)6-4-7-10(11)19-13/h4,6-8H,2-3,5H2,1H3,(H,16,17,18). The number of unbranched alkanes of at least 4 members (excludes halogenated alkanes) is 1. The van der Waals surface area contributed by atoms with E-state index in [-0.39, 0.29) is 16.6 Å². The zero-order chi connectivity index (χ0) is 13.8. The first-order valence-corrected chi connectivity index (χ1v) is 7.85. The van der Waals surface area contributed by atoms with Gasteiger partial charge in [-0.15, -0.1) is 0 Å². The lowest BCUT2D eigenvalue weighted by atomic mass is 10.2. The number of thiazole rings is 1. The summed E-state index contributed by atoms with van der Waals surface area (Å²) in [5, 5.41) is 3.16. The molecule has 1 aromatic heterocycles. The van der Waals surface area contributed by atoms with Crippen LogP contribution in [0.25, 0.3) is 10.2 Å². The number of fused-ring (bicyclic) bond motifs is 1. The zero-order valence-electron chi connectivity index (χ0n) is 10.5. The van der Waals surface area contributed by atoms with Crippen LogP contribution in [0.1, 0.15) is 26.2 Å². The first kappa shape index (κ1) is 14.4. The fourth-order valence-electron chi connectivity index (χ4n) is 1.67. The number of carbonyl (C=O) groups is 1. The lowest BCUT2D eigenvalue weighted by Gasteiger charge is -2.07. The number of para-hydroxylation sites is 1. The van der Waals surface area contributed by atoms with Crippen LogP contribution in [0.15, 0.2) is 18.2 Å². The molecule has 0 aliphatic carbocycles. The molecule has 19 heavy (non-hydrogen) atoms. The molecule has 1 N–H and O–H groups in total. The van der Waals surface area contributed by atoms with Crippen LogP contribution in [0.3, 0.4) is 0 Å². The summed E-state index contributed by atoms with van der Waals surface area (Å²) < 4.78 is 14.2. The highest BCUT2D eigenvalue weighted by atomic mass is 79.9. The summed E-state index contributed by atoms with van der Waals surface area (Å²) in [4.78, 5) is 15.8. The number of amides is 1. The predicted octanol–water partition coefficient (Wildman–Crippen LogP) is 4.33. The lowest BCUT2D eigenvalue weighted by molar-refractivity contribution is -0.115. The van der Waals surface area contributed by atoms with Crippen molar-refractivity contribution in [2.24, 2.45) is 0 Å². The number of carbonyl (C=O) groups excluding carboxylic acids is 1. The van der Waals surface area contributed by atoms with Crippen LogP contribution in [0, 0.1) is 5.82 Å². The van der Waals surface area contributed by atoms with Gasteiger partial charge in [-0.3, -0.25) is 4.79 Å². The number of anilines is 1. The smallest absolute Gasteiger partial charge is 0.239 e. The minimum Gasteiger partial charge on any atom is -0.301 e. The number of benzene rings is 1. The Balaban J connectivity index is 2.09. The molecule has 1 unspecified atom stereocenters. The van der Waals surface area contributed by atoms with E-state index in [1.165, 1.54) is 17.4 Å². The van der Waals surface area contributed by atoms with Crippen LogP contribution in [-0.4, -0.2) is 15.7 Å². The maximum Gasteiger partial charge on any atom is 0.239 e. The summed E-state index contributed by atoms with van der Waals surface area (Å²) in [5.41, 5.74) is 0.308. The van der Waals surface area contributed by atoms with E-state index in [0.29, 0.717) is 10.6 Å². The van der Waals surface area contributed by atoms with Gasteiger partial charge in [0.15, 0.2) is 5.13 Å². The Morgan fingerprint density at radius 3 is 3.05 bits per heavy atom. The van der Waals surface area contributed by atoms with E-state index in [2.05, 4.69) is 33.2 Å². The Hall–Kier alpha value is -1.01. The Morgan fingerprint density at radius 2 is 2.37 bits per heavy atom. The third-order valence-electron chi connectivity index (χ3n) is 2.70. The molecule has 0 saturated heterocycles. The zero-order valence-corrected chi connectivity index (χ0v) is 12.9. The molecular formula is C13H14BrFN2OS. The highest BCUT2D eigenvalue weighted by Gasteiger charge is 2.16.